The highest BCUT2D eigenvalue weighted by Crippen LogP contribution is 2.56. The molecule has 3 rings (SSSR count). The molecule has 0 unspecified atom stereocenters. The van der Waals surface area contributed by atoms with Gasteiger partial charge >= 0.3 is 6.09 Å². The average Bonchev–Trinajstić information content (AvgIpc) is 2.59. The Morgan fingerprint density at radius 2 is 2.23 bits per heavy atom. The molecule has 1 aromatic rings. The van der Waals surface area contributed by atoms with E-state index in [-0.39, 0.29) is 35.5 Å². The number of pyridine rings is 1. The van der Waals surface area contributed by atoms with Crippen molar-refractivity contribution in [1.29, 1.82) is 0 Å². The van der Waals surface area contributed by atoms with Crippen molar-refractivity contribution in [3.05, 3.63) is 41.7 Å². The minimum Gasteiger partial charge on any atom is -0.449 e. The number of nitrogens with zero attached hydrogens (tertiary/aromatic N) is 1. The number of aromatic nitrogens is 1. The van der Waals surface area contributed by atoms with E-state index >= 15 is 0 Å². The Balaban J connectivity index is 1.84. The maximum Gasteiger partial charge on any atom is 0.407 e. The van der Waals surface area contributed by atoms with Crippen LogP contribution in [0.2, 0.25) is 0 Å². The van der Waals surface area contributed by atoms with Gasteiger partial charge in [0.1, 0.15) is 6.61 Å². The first-order valence-corrected chi connectivity index (χ1v) is 9.48. The van der Waals surface area contributed by atoms with Crippen molar-refractivity contribution in [3.8, 4) is 0 Å². The summed E-state index contributed by atoms with van der Waals surface area (Å²) in [5, 5.41) is 2.80. The van der Waals surface area contributed by atoms with Crippen LogP contribution in [0.25, 0.3) is 0 Å². The zero-order valence-corrected chi connectivity index (χ0v) is 16.4. The standard InChI is InChI=1S/C21H30N2O3/c1-13(2)23-20(24)26-12-21-11-25-19(17-7-6-8-22-10-17)18(16(21)5)14(3)9-15(21)4/h6-10,13,15-16,18-19H,11-12H2,1-5H3,(H,23,24)/t15-,16-,18+,19+,21-/m1/s1. The number of carbonyl (C=O) groups excluding carboxylic acids is 1. The molecule has 0 spiro atoms. The van der Waals surface area contributed by atoms with Gasteiger partial charge in [-0.05, 0) is 44.2 Å². The first-order valence-electron chi connectivity index (χ1n) is 9.48. The molecule has 0 radical (unpaired) electrons. The lowest BCUT2D eigenvalue weighted by atomic mass is 9.56. The molecule has 5 atom stereocenters. The highest BCUT2D eigenvalue weighted by Gasteiger charge is 2.54. The normalized spacial score (nSPS) is 33.5. The smallest absolute Gasteiger partial charge is 0.407 e. The monoisotopic (exact) mass is 358 g/mol. The zero-order chi connectivity index (χ0) is 18.9. The van der Waals surface area contributed by atoms with Gasteiger partial charge in [0.15, 0.2) is 0 Å². The molecule has 1 aliphatic heterocycles. The topological polar surface area (TPSA) is 60.5 Å². The van der Waals surface area contributed by atoms with Gasteiger partial charge < -0.3 is 14.8 Å². The molecule has 1 aromatic heterocycles. The molecule has 5 nitrogen and oxygen atoms in total. The van der Waals surface area contributed by atoms with Gasteiger partial charge in [-0.15, -0.1) is 0 Å². The van der Waals surface area contributed by atoms with Crippen LogP contribution in [0, 0.1) is 23.2 Å². The number of hydrogen-bond acceptors (Lipinski definition) is 4. The molecular formula is C21H30N2O3. The van der Waals surface area contributed by atoms with E-state index < -0.39 is 0 Å². The third-order valence-corrected chi connectivity index (χ3v) is 6.14. The summed E-state index contributed by atoms with van der Waals surface area (Å²) >= 11 is 0. The number of nitrogens with one attached hydrogen (secondary N) is 1. The summed E-state index contributed by atoms with van der Waals surface area (Å²) in [7, 11) is 0. The molecule has 2 bridgehead atoms. The zero-order valence-electron chi connectivity index (χ0n) is 16.4. The number of fused-ring (bicyclic) bond motifs is 2. The van der Waals surface area contributed by atoms with Gasteiger partial charge in [-0.3, -0.25) is 4.98 Å². The third-order valence-electron chi connectivity index (χ3n) is 6.14. The van der Waals surface area contributed by atoms with Crippen LogP contribution in [-0.2, 0) is 9.47 Å². The average molecular weight is 358 g/mol. The Labute approximate surface area is 156 Å². The van der Waals surface area contributed by atoms with Crippen LogP contribution in [-0.4, -0.2) is 30.3 Å². The van der Waals surface area contributed by atoms with Crippen LogP contribution in [0.1, 0.15) is 46.3 Å². The molecule has 1 fully saturated rings. The molecule has 1 amide bonds. The number of carbonyl (C=O) groups is 1. The van der Waals surface area contributed by atoms with E-state index in [4.69, 9.17) is 9.47 Å². The van der Waals surface area contributed by atoms with Crippen LogP contribution in [0.4, 0.5) is 4.79 Å². The van der Waals surface area contributed by atoms with Crippen LogP contribution in [0.15, 0.2) is 36.2 Å². The minimum absolute atomic E-state index is 0.0000607. The number of amides is 1. The van der Waals surface area contributed by atoms with Crippen LogP contribution in [0.5, 0.6) is 0 Å². The lowest BCUT2D eigenvalue weighted by Crippen LogP contribution is -2.55. The molecule has 1 saturated heterocycles. The first-order chi connectivity index (χ1) is 12.3. The second-order valence-electron chi connectivity index (χ2n) is 8.14. The Bertz CT molecular complexity index is 673. The summed E-state index contributed by atoms with van der Waals surface area (Å²) in [6, 6.07) is 4.10. The highest BCUT2D eigenvalue weighted by molar-refractivity contribution is 5.67. The Hall–Kier alpha value is -1.88. The summed E-state index contributed by atoms with van der Waals surface area (Å²) in [5.74, 6) is 0.893. The van der Waals surface area contributed by atoms with E-state index in [0.29, 0.717) is 19.1 Å². The van der Waals surface area contributed by atoms with Crippen molar-refractivity contribution in [2.24, 2.45) is 23.2 Å². The lowest BCUT2D eigenvalue weighted by molar-refractivity contribution is -0.165. The first kappa shape index (κ1) is 18.9. The summed E-state index contributed by atoms with van der Waals surface area (Å²) in [4.78, 5) is 16.3. The molecule has 142 valence electrons. The van der Waals surface area contributed by atoms with E-state index in [1.807, 2.05) is 26.1 Å². The molecule has 1 N–H and O–H groups in total. The summed E-state index contributed by atoms with van der Waals surface area (Å²) in [5.41, 5.74) is 2.26. The maximum absolute atomic E-state index is 12.0. The number of alkyl carbamates (subject to hydrolysis) is 1. The fraction of sp³-hybridized carbons (Fsp3) is 0.619. The molecule has 0 aromatic carbocycles. The van der Waals surface area contributed by atoms with E-state index in [0.717, 1.165) is 5.56 Å². The summed E-state index contributed by atoms with van der Waals surface area (Å²) in [6.07, 6.45) is 5.65. The van der Waals surface area contributed by atoms with Crippen molar-refractivity contribution in [3.63, 3.8) is 0 Å². The van der Waals surface area contributed by atoms with Gasteiger partial charge in [-0.1, -0.05) is 31.6 Å². The van der Waals surface area contributed by atoms with Gasteiger partial charge in [0.25, 0.3) is 0 Å². The fourth-order valence-electron chi connectivity index (χ4n) is 4.58. The molecule has 5 heteroatoms. The Kier molecular flexibility index (Phi) is 5.37. The van der Waals surface area contributed by atoms with Crippen molar-refractivity contribution < 1.29 is 14.3 Å². The molecule has 2 aliphatic rings. The van der Waals surface area contributed by atoms with Crippen molar-refractivity contribution >= 4 is 6.09 Å². The van der Waals surface area contributed by atoms with Gasteiger partial charge in [-0.2, -0.15) is 0 Å². The largest absolute Gasteiger partial charge is 0.449 e. The fourth-order valence-corrected chi connectivity index (χ4v) is 4.58. The Morgan fingerprint density at radius 1 is 1.46 bits per heavy atom. The molecular weight excluding hydrogens is 328 g/mol. The van der Waals surface area contributed by atoms with Crippen molar-refractivity contribution in [2.45, 2.75) is 46.8 Å². The summed E-state index contributed by atoms with van der Waals surface area (Å²) < 4.78 is 12.0. The number of allylic oxidation sites excluding steroid dienone is 1. The highest BCUT2D eigenvalue weighted by atomic mass is 16.6. The number of ether oxygens (including phenoxy) is 2. The van der Waals surface area contributed by atoms with Gasteiger partial charge in [0.2, 0.25) is 0 Å². The van der Waals surface area contributed by atoms with Gasteiger partial charge in [0.05, 0.1) is 12.7 Å². The van der Waals surface area contributed by atoms with E-state index in [9.17, 15) is 4.79 Å². The number of rotatable bonds is 4. The molecule has 1 aliphatic carbocycles. The van der Waals surface area contributed by atoms with E-state index in [2.05, 4.69) is 43.2 Å². The Morgan fingerprint density at radius 3 is 2.88 bits per heavy atom. The molecule has 2 heterocycles. The lowest BCUT2D eigenvalue weighted by Gasteiger charge is -2.55. The van der Waals surface area contributed by atoms with Crippen LogP contribution < -0.4 is 5.32 Å². The van der Waals surface area contributed by atoms with Gasteiger partial charge in [-0.25, -0.2) is 4.79 Å². The van der Waals surface area contributed by atoms with Crippen LogP contribution >= 0.6 is 0 Å². The second-order valence-corrected chi connectivity index (χ2v) is 8.14. The quantitative estimate of drug-likeness (QED) is 0.823. The maximum atomic E-state index is 12.0. The van der Waals surface area contributed by atoms with Crippen molar-refractivity contribution in [2.75, 3.05) is 13.2 Å². The second kappa shape index (κ2) is 7.39. The predicted molar refractivity (Wildman–Crippen MR) is 101 cm³/mol. The predicted octanol–water partition coefficient (Wildman–Crippen LogP) is 4.12. The van der Waals surface area contributed by atoms with E-state index in [1.54, 1.807) is 6.20 Å². The third kappa shape index (κ3) is 3.37. The summed E-state index contributed by atoms with van der Waals surface area (Å²) in [6.45, 7) is 11.5. The van der Waals surface area contributed by atoms with Crippen molar-refractivity contribution in [1.82, 2.24) is 10.3 Å². The van der Waals surface area contributed by atoms with Crippen LogP contribution in [0.3, 0.4) is 0 Å². The minimum atomic E-state index is -0.356. The number of hydrogen-bond donors (Lipinski definition) is 1. The van der Waals surface area contributed by atoms with E-state index in [1.165, 1.54) is 5.57 Å². The SMILES string of the molecule is CC1=C[C@@H](C)[C@]2(COC(=O)NC(C)C)CO[C@@H](c3cccnc3)[C@@H]1[C@H]2C. The molecule has 0 saturated carbocycles. The van der Waals surface area contributed by atoms with Gasteiger partial charge in [0, 0.05) is 29.8 Å². The molecule has 26 heavy (non-hydrogen) atoms.